The summed E-state index contributed by atoms with van der Waals surface area (Å²) in [5.74, 6) is 0.00921. The van der Waals surface area contributed by atoms with Crippen molar-refractivity contribution in [1.29, 1.82) is 0 Å². The number of rotatable bonds is 4. The Labute approximate surface area is 78.2 Å². The molecule has 1 atom stereocenters. The second-order valence-electron chi connectivity index (χ2n) is 3.06. The predicted molar refractivity (Wildman–Crippen MR) is 51.7 cm³/mol. The fourth-order valence-corrected chi connectivity index (χ4v) is 1.10. The molecular formula is C11H14O2. The average Bonchev–Trinajstić information content (AvgIpc) is 2.19. The molecule has 0 saturated carbocycles. The van der Waals surface area contributed by atoms with Gasteiger partial charge in [-0.05, 0) is 6.42 Å². The van der Waals surface area contributed by atoms with E-state index in [4.69, 9.17) is 0 Å². The van der Waals surface area contributed by atoms with Crippen LogP contribution in [0.2, 0.25) is 0 Å². The fraction of sp³-hybridized carbons (Fsp3) is 0.364. The fourth-order valence-electron chi connectivity index (χ4n) is 1.10. The number of benzene rings is 1. The van der Waals surface area contributed by atoms with Crippen LogP contribution in [-0.2, 0) is 0 Å². The van der Waals surface area contributed by atoms with E-state index in [1.807, 2.05) is 25.1 Å². The molecule has 0 radical (unpaired) electrons. The van der Waals surface area contributed by atoms with Crippen LogP contribution in [0, 0.1) is 0 Å². The molecule has 1 aromatic carbocycles. The molecule has 0 aliphatic carbocycles. The number of ketones is 1. The highest BCUT2D eigenvalue weighted by Gasteiger charge is 2.09. The van der Waals surface area contributed by atoms with Crippen molar-refractivity contribution in [2.24, 2.45) is 0 Å². The predicted octanol–water partition coefficient (Wildman–Crippen LogP) is 2.03. The van der Waals surface area contributed by atoms with Crippen molar-refractivity contribution in [2.75, 3.05) is 0 Å². The average molecular weight is 178 g/mol. The second kappa shape index (κ2) is 4.77. The van der Waals surface area contributed by atoms with Crippen LogP contribution in [0.3, 0.4) is 0 Å². The number of hydrogen-bond donors (Lipinski definition) is 1. The molecule has 0 fully saturated rings. The Morgan fingerprint density at radius 2 is 2.00 bits per heavy atom. The zero-order valence-electron chi connectivity index (χ0n) is 7.73. The molecule has 1 N–H and O–H groups in total. The number of hydrogen-bond acceptors (Lipinski definition) is 2. The van der Waals surface area contributed by atoms with E-state index in [0.29, 0.717) is 12.0 Å². The van der Waals surface area contributed by atoms with Gasteiger partial charge in [-0.2, -0.15) is 0 Å². The minimum atomic E-state index is -0.507. The van der Waals surface area contributed by atoms with Crippen LogP contribution in [0.1, 0.15) is 30.1 Å². The van der Waals surface area contributed by atoms with Crippen molar-refractivity contribution in [3.8, 4) is 0 Å². The van der Waals surface area contributed by atoms with E-state index in [1.165, 1.54) is 0 Å². The molecule has 0 aliphatic heterocycles. The van der Waals surface area contributed by atoms with Gasteiger partial charge in [0.05, 0.1) is 6.10 Å². The van der Waals surface area contributed by atoms with Gasteiger partial charge in [0.15, 0.2) is 5.78 Å². The van der Waals surface area contributed by atoms with Gasteiger partial charge in [0.25, 0.3) is 0 Å². The van der Waals surface area contributed by atoms with Crippen LogP contribution in [0.5, 0.6) is 0 Å². The number of Topliss-reactive ketones (excluding diaryl/α,β-unsaturated/α-hetero) is 1. The molecule has 1 rings (SSSR count). The smallest absolute Gasteiger partial charge is 0.165 e. The van der Waals surface area contributed by atoms with E-state index >= 15 is 0 Å². The lowest BCUT2D eigenvalue weighted by Crippen LogP contribution is -2.12. The van der Waals surface area contributed by atoms with Crippen molar-refractivity contribution in [3.05, 3.63) is 35.9 Å². The van der Waals surface area contributed by atoms with Gasteiger partial charge in [-0.15, -0.1) is 0 Å². The van der Waals surface area contributed by atoms with Gasteiger partial charge in [-0.25, -0.2) is 0 Å². The first-order chi connectivity index (χ1) is 6.24. The molecule has 0 saturated heterocycles. The number of carbonyl (C=O) groups is 1. The van der Waals surface area contributed by atoms with Gasteiger partial charge in [-0.3, -0.25) is 4.79 Å². The lowest BCUT2D eigenvalue weighted by atomic mass is 10.0. The molecule has 70 valence electrons. The maximum absolute atomic E-state index is 11.5. The van der Waals surface area contributed by atoms with Gasteiger partial charge in [0.1, 0.15) is 0 Å². The number of aliphatic hydroxyl groups is 1. The van der Waals surface area contributed by atoms with Crippen LogP contribution in [0.15, 0.2) is 30.3 Å². The van der Waals surface area contributed by atoms with Gasteiger partial charge in [0, 0.05) is 12.0 Å². The minimum absolute atomic E-state index is 0.00921. The first kappa shape index (κ1) is 9.93. The maximum Gasteiger partial charge on any atom is 0.165 e. The SMILES string of the molecule is CC[C@H](O)CC(=O)c1ccccc1. The van der Waals surface area contributed by atoms with E-state index < -0.39 is 6.10 Å². The quantitative estimate of drug-likeness (QED) is 0.716. The molecule has 0 bridgehead atoms. The number of aliphatic hydroxyl groups excluding tert-OH is 1. The van der Waals surface area contributed by atoms with E-state index in [0.717, 1.165) is 0 Å². The highest BCUT2D eigenvalue weighted by molar-refractivity contribution is 5.96. The van der Waals surface area contributed by atoms with Crippen LogP contribution in [0.4, 0.5) is 0 Å². The Bertz CT molecular complexity index is 267. The van der Waals surface area contributed by atoms with Gasteiger partial charge < -0.3 is 5.11 Å². The molecule has 0 aromatic heterocycles. The normalized spacial score (nSPS) is 12.5. The summed E-state index contributed by atoms with van der Waals surface area (Å²) in [6, 6.07) is 9.06. The second-order valence-corrected chi connectivity index (χ2v) is 3.06. The lowest BCUT2D eigenvalue weighted by Gasteiger charge is -2.05. The summed E-state index contributed by atoms with van der Waals surface area (Å²) in [5.41, 5.74) is 0.676. The lowest BCUT2D eigenvalue weighted by molar-refractivity contribution is 0.0875. The van der Waals surface area contributed by atoms with Crippen molar-refractivity contribution in [1.82, 2.24) is 0 Å². The van der Waals surface area contributed by atoms with Crippen molar-refractivity contribution >= 4 is 5.78 Å². The van der Waals surface area contributed by atoms with Gasteiger partial charge in [-0.1, -0.05) is 37.3 Å². The minimum Gasteiger partial charge on any atom is -0.393 e. The summed E-state index contributed by atoms with van der Waals surface area (Å²) >= 11 is 0. The van der Waals surface area contributed by atoms with Crippen molar-refractivity contribution in [3.63, 3.8) is 0 Å². The zero-order valence-corrected chi connectivity index (χ0v) is 7.73. The first-order valence-electron chi connectivity index (χ1n) is 4.50. The van der Waals surface area contributed by atoms with E-state index in [9.17, 15) is 9.90 Å². The molecule has 0 aliphatic rings. The highest BCUT2D eigenvalue weighted by atomic mass is 16.3. The molecule has 0 heterocycles. The summed E-state index contributed by atoms with van der Waals surface area (Å²) in [7, 11) is 0. The summed E-state index contributed by atoms with van der Waals surface area (Å²) in [6.45, 7) is 1.86. The molecule has 13 heavy (non-hydrogen) atoms. The summed E-state index contributed by atoms with van der Waals surface area (Å²) < 4.78 is 0. The van der Waals surface area contributed by atoms with Gasteiger partial charge >= 0.3 is 0 Å². The van der Waals surface area contributed by atoms with E-state index in [1.54, 1.807) is 12.1 Å². The van der Waals surface area contributed by atoms with Gasteiger partial charge in [0.2, 0.25) is 0 Å². The Balaban J connectivity index is 2.59. The Kier molecular flexibility index (Phi) is 3.65. The molecule has 0 spiro atoms. The Hall–Kier alpha value is -1.15. The van der Waals surface area contributed by atoms with Crippen molar-refractivity contribution < 1.29 is 9.90 Å². The molecule has 1 aromatic rings. The standard InChI is InChI=1S/C11H14O2/c1-2-10(12)8-11(13)9-6-4-3-5-7-9/h3-7,10,12H,2,8H2,1H3/t10-/m0/s1. The molecule has 0 amide bonds. The molecule has 2 nitrogen and oxygen atoms in total. The summed E-state index contributed by atoms with van der Waals surface area (Å²) in [4.78, 5) is 11.5. The molecular weight excluding hydrogens is 164 g/mol. The van der Waals surface area contributed by atoms with Crippen LogP contribution in [-0.4, -0.2) is 17.0 Å². The Morgan fingerprint density at radius 1 is 1.38 bits per heavy atom. The topological polar surface area (TPSA) is 37.3 Å². The van der Waals surface area contributed by atoms with E-state index in [-0.39, 0.29) is 12.2 Å². The van der Waals surface area contributed by atoms with Crippen LogP contribution in [0.25, 0.3) is 0 Å². The maximum atomic E-state index is 11.5. The van der Waals surface area contributed by atoms with Crippen molar-refractivity contribution in [2.45, 2.75) is 25.9 Å². The first-order valence-corrected chi connectivity index (χ1v) is 4.50. The van der Waals surface area contributed by atoms with Crippen LogP contribution < -0.4 is 0 Å². The monoisotopic (exact) mass is 178 g/mol. The third kappa shape index (κ3) is 2.99. The van der Waals surface area contributed by atoms with Crippen LogP contribution >= 0.6 is 0 Å². The largest absolute Gasteiger partial charge is 0.393 e. The summed E-state index contributed by atoms with van der Waals surface area (Å²) in [6.07, 6.45) is 0.340. The van der Waals surface area contributed by atoms with E-state index in [2.05, 4.69) is 0 Å². The zero-order chi connectivity index (χ0) is 9.68. The number of carbonyl (C=O) groups excluding carboxylic acids is 1. The highest BCUT2D eigenvalue weighted by Crippen LogP contribution is 2.06. The Morgan fingerprint density at radius 3 is 2.54 bits per heavy atom. The third-order valence-corrected chi connectivity index (χ3v) is 1.99. The molecule has 2 heteroatoms. The molecule has 0 unspecified atom stereocenters. The summed E-state index contributed by atoms with van der Waals surface area (Å²) in [5, 5.41) is 9.27. The third-order valence-electron chi connectivity index (χ3n) is 1.99.